The molecular weight excluding hydrogens is 284 g/mol. The summed E-state index contributed by atoms with van der Waals surface area (Å²) in [5.74, 6) is 0.146. The Balaban J connectivity index is 2.03. The highest BCUT2D eigenvalue weighted by molar-refractivity contribution is 6.31. The average molecular weight is 309 g/mol. The van der Waals surface area contributed by atoms with Crippen molar-refractivity contribution in [3.63, 3.8) is 0 Å². The molecule has 1 N–H and O–H groups in total. The van der Waals surface area contributed by atoms with Crippen molar-refractivity contribution in [1.82, 2.24) is 10.2 Å². The summed E-state index contributed by atoms with van der Waals surface area (Å²) in [6.07, 6.45) is 5.07. The van der Waals surface area contributed by atoms with Gasteiger partial charge in [-0.05, 0) is 44.0 Å². The number of carbonyl (C=O) groups excluding carboxylic acids is 1. The summed E-state index contributed by atoms with van der Waals surface area (Å²) in [4.78, 5) is 14.3. The van der Waals surface area contributed by atoms with Crippen molar-refractivity contribution in [2.75, 3.05) is 19.6 Å². The Labute approximate surface area is 132 Å². The molecule has 1 atom stereocenters. The van der Waals surface area contributed by atoms with E-state index in [0.29, 0.717) is 13.0 Å². The predicted molar refractivity (Wildman–Crippen MR) is 87.5 cm³/mol. The molecule has 0 bridgehead atoms. The third-order valence-electron chi connectivity index (χ3n) is 4.10. The summed E-state index contributed by atoms with van der Waals surface area (Å²) in [5, 5.41) is 3.87. The zero-order valence-corrected chi connectivity index (χ0v) is 13.5. The molecule has 0 radical (unpaired) electrons. The number of rotatable bonds is 7. The Bertz CT molecular complexity index is 458. The molecule has 21 heavy (non-hydrogen) atoms. The maximum atomic E-state index is 11.9. The van der Waals surface area contributed by atoms with Gasteiger partial charge in [0.05, 0.1) is 6.04 Å². The Hall–Kier alpha value is -1.06. The quantitative estimate of drug-likeness (QED) is 0.831. The SMILES string of the molecule is CCCCC(=O)NC[C@H](c1ccccc1Cl)N1CCCC1. The molecule has 1 fully saturated rings. The van der Waals surface area contributed by atoms with E-state index >= 15 is 0 Å². The number of carbonyl (C=O) groups is 1. The lowest BCUT2D eigenvalue weighted by Gasteiger charge is -2.29. The number of hydrogen-bond acceptors (Lipinski definition) is 2. The first-order chi connectivity index (χ1) is 10.2. The standard InChI is InChI=1S/C17H25ClN2O/c1-2-3-10-17(21)19-13-16(20-11-6-7-12-20)14-8-4-5-9-15(14)18/h4-5,8-9,16H,2-3,6-7,10-13H2,1H3,(H,19,21)/t16-/m1/s1. The van der Waals surface area contributed by atoms with Crippen LogP contribution in [0.1, 0.15) is 50.6 Å². The predicted octanol–water partition coefficient (Wildman–Crippen LogP) is 3.78. The number of nitrogens with one attached hydrogen (secondary N) is 1. The van der Waals surface area contributed by atoms with Crippen molar-refractivity contribution in [2.24, 2.45) is 0 Å². The number of nitrogens with zero attached hydrogens (tertiary/aromatic N) is 1. The summed E-state index contributed by atoms with van der Waals surface area (Å²) in [6, 6.07) is 8.16. The van der Waals surface area contributed by atoms with Gasteiger partial charge in [0.15, 0.2) is 0 Å². The second-order valence-electron chi connectivity index (χ2n) is 5.69. The van der Waals surface area contributed by atoms with Crippen LogP contribution in [0.4, 0.5) is 0 Å². The molecule has 4 heteroatoms. The van der Waals surface area contributed by atoms with Gasteiger partial charge >= 0.3 is 0 Å². The van der Waals surface area contributed by atoms with Gasteiger partial charge in [0, 0.05) is 18.0 Å². The molecule has 116 valence electrons. The van der Waals surface area contributed by atoms with E-state index < -0.39 is 0 Å². The molecule has 1 heterocycles. The van der Waals surface area contributed by atoms with Crippen LogP contribution in [0.15, 0.2) is 24.3 Å². The molecule has 1 saturated heterocycles. The fourth-order valence-corrected chi connectivity index (χ4v) is 3.13. The second-order valence-corrected chi connectivity index (χ2v) is 6.10. The highest BCUT2D eigenvalue weighted by Crippen LogP contribution is 2.29. The van der Waals surface area contributed by atoms with Crippen molar-refractivity contribution in [3.8, 4) is 0 Å². The van der Waals surface area contributed by atoms with Crippen LogP contribution in [0.3, 0.4) is 0 Å². The van der Waals surface area contributed by atoms with Gasteiger partial charge in [-0.3, -0.25) is 9.69 Å². The van der Waals surface area contributed by atoms with E-state index in [0.717, 1.165) is 36.5 Å². The van der Waals surface area contributed by atoms with Gasteiger partial charge in [0.25, 0.3) is 0 Å². The molecule has 1 aromatic carbocycles. The smallest absolute Gasteiger partial charge is 0.220 e. The van der Waals surface area contributed by atoms with Crippen LogP contribution in [0.25, 0.3) is 0 Å². The lowest BCUT2D eigenvalue weighted by Crippen LogP contribution is -2.36. The minimum absolute atomic E-state index is 0.146. The molecule has 0 aliphatic carbocycles. The van der Waals surface area contributed by atoms with Gasteiger partial charge in [-0.25, -0.2) is 0 Å². The van der Waals surface area contributed by atoms with E-state index in [1.165, 1.54) is 12.8 Å². The number of likely N-dealkylation sites (tertiary alicyclic amines) is 1. The number of halogens is 1. The maximum Gasteiger partial charge on any atom is 0.220 e. The summed E-state index contributed by atoms with van der Waals surface area (Å²) < 4.78 is 0. The Morgan fingerprint density at radius 2 is 2.05 bits per heavy atom. The first kappa shape index (κ1) is 16.3. The van der Waals surface area contributed by atoms with Crippen LogP contribution >= 0.6 is 11.6 Å². The summed E-state index contributed by atoms with van der Waals surface area (Å²) in [7, 11) is 0. The fraction of sp³-hybridized carbons (Fsp3) is 0.588. The third kappa shape index (κ3) is 4.72. The van der Waals surface area contributed by atoms with Crippen LogP contribution in [0, 0.1) is 0 Å². The minimum Gasteiger partial charge on any atom is -0.354 e. The van der Waals surface area contributed by atoms with Gasteiger partial charge in [-0.15, -0.1) is 0 Å². The van der Waals surface area contributed by atoms with Crippen molar-refractivity contribution in [3.05, 3.63) is 34.9 Å². The Kier molecular flexibility index (Phi) is 6.52. The molecule has 1 aliphatic rings. The second kappa shape index (κ2) is 8.40. The Morgan fingerprint density at radius 3 is 2.71 bits per heavy atom. The minimum atomic E-state index is 0.146. The van der Waals surface area contributed by atoms with E-state index in [-0.39, 0.29) is 11.9 Å². The first-order valence-electron chi connectivity index (χ1n) is 7.97. The topological polar surface area (TPSA) is 32.3 Å². The van der Waals surface area contributed by atoms with E-state index in [9.17, 15) is 4.79 Å². The van der Waals surface area contributed by atoms with Crippen molar-refractivity contribution in [2.45, 2.75) is 45.1 Å². The molecule has 3 nitrogen and oxygen atoms in total. The number of unbranched alkanes of at least 4 members (excludes halogenated alkanes) is 1. The van der Waals surface area contributed by atoms with Crippen LogP contribution in [0.2, 0.25) is 5.02 Å². The summed E-state index contributed by atoms with van der Waals surface area (Å²) in [5.41, 5.74) is 1.12. The lowest BCUT2D eigenvalue weighted by molar-refractivity contribution is -0.121. The number of amides is 1. The van der Waals surface area contributed by atoms with Gasteiger partial charge in [-0.2, -0.15) is 0 Å². The van der Waals surface area contributed by atoms with Crippen LogP contribution in [-0.4, -0.2) is 30.4 Å². The molecule has 0 spiro atoms. The van der Waals surface area contributed by atoms with E-state index in [1.54, 1.807) is 0 Å². The molecular formula is C17H25ClN2O. The number of benzene rings is 1. The first-order valence-corrected chi connectivity index (χ1v) is 8.35. The molecule has 2 rings (SSSR count). The monoisotopic (exact) mass is 308 g/mol. The highest BCUT2D eigenvalue weighted by atomic mass is 35.5. The van der Waals surface area contributed by atoms with Gasteiger partial charge in [-0.1, -0.05) is 43.1 Å². The average Bonchev–Trinajstić information content (AvgIpc) is 3.01. The third-order valence-corrected chi connectivity index (χ3v) is 4.44. The highest BCUT2D eigenvalue weighted by Gasteiger charge is 2.25. The van der Waals surface area contributed by atoms with Crippen molar-refractivity contribution in [1.29, 1.82) is 0 Å². The molecule has 0 unspecified atom stereocenters. The Morgan fingerprint density at radius 1 is 1.33 bits per heavy atom. The molecule has 1 aliphatic heterocycles. The molecule has 1 aromatic rings. The van der Waals surface area contributed by atoms with E-state index in [2.05, 4.69) is 23.2 Å². The normalized spacial score (nSPS) is 16.9. The van der Waals surface area contributed by atoms with E-state index in [4.69, 9.17) is 11.6 Å². The molecule has 1 amide bonds. The van der Waals surface area contributed by atoms with Gasteiger partial charge in [0.2, 0.25) is 5.91 Å². The number of hydrogen-bond donors (Lipinski definition) is 1. The largest absolute Gasteiger partial charge is 0.354 e. The van der Waals surface area contributed by atoms with Gasteiger partial charge < -0.3 is 5.32 Å². The maximum absolute atomic E-state index is 11.9. The van der Waals surface area contributed by atoms with E-state index in [1.807, 2.05) is 18.2 Å². The summed E-state index contributed by atoms with van der Waals surface area (Å²) >= 11 is 6.36. The van der Waals surface area contributed by atoms with Crippen molar-refractivity contribution >= 4 is 17.5 Å². The van der Waals surface area contributed by atoms with Crippen LogP contribution in [0.5, 0.6) is 0 Å². The zero-order valence-electron chi connectivity index (χ0n) is 12.8. The zero-order chi connectivity index (χ0) is 15.1. The summed E-state index contributed by atoms with van der Waals surface area (Å²) in [6.45, 7) is 4.91. The molecule has 0 saturated carbocycles. The lowest BCUT2D eigenvalue weighted by atomic mass is 10.1. The molecule has 0 aromatic heterocycles. The van der Waals surface area contributed by atoms with Crippen LogP contribution < -0.4 is 5.32 Å². The van der Waals surface area contributed by atoms with Crippen molar-refractivity contribution < 1.29 is 4.79 Å². The van der Waals surface area contributed by atoms with Crippen LogP contribution in [-0.2, 0) is 4.79 Å². The fourth-order valence-electron chi connectivity index (χ4n) is 2.87. The van der Waals surface area contributed by atoms with Gasteiger partial charge in [0.1, 0.15) is 0 Å².